The van der Waals surface area contributed by atoms with Gasteiger partial charge in [0.2, 0.25) is 5.54 Å². The molecular weight excluding hydrogens is 398 g/mol. The molecule has 11 nitrogen and oxygen atoms in total. The van der Waals surface area contributed by atoms with E-state index >= 15 is 0 Å². The van der Waals surface area contributed by atoms with Crippen molar-refractivity contribution < 1.29 is 28.9 Å². The maximum Gasteiger partial charge on any atom is 0.353 e. The number of rotatable bonds is 4. The quantitative estimate of drug-likeness (QED) is 0.608. The molecule has 1 aliphatic carbocycles. The molecule has 1 N–H and O–H groups in total. The van der Waals surface area contributed by atoms with Gasteiger partial charge in [0, 0.05) is 7.11 Å². The summed E-state index contributed by atoms with van der Waals surface area (Å²) in [5.74, 6) is -2.06. The number of hydrogen-bond donors (Lipinski definition) is 1. The Labute approximate surface area is 169 Å². The molecule has 4 unspecified atom stereocenters. The molecule has 158 valence electrons. The molecule has 1 aromatic carbocycles. The highest BCUT2D eigenvalue weighted by Crippen LogP contribution is 2.46. The number of ether oxygens (including phenoxy) is 3. The summed E-state index contributed by atoms with van der Waals surface area (Å²) in [6, 6.07) is 7.03. The molecule has 2 aliphatic heterocycles. The summed E-state index contributed by atoms with van der Waals surface area (Å²) in [6.07, 6.45) is -1.52. The highest BCUT2D eigenvalue weighted by molar-refractivity contribution is 6.01. The first-order valence-corrected chi connectivity index (χ1v) is 8.98. The third-order valence-electron chi connectivity index (χ3n) is 5.60. The second-order valence-electron chi connectivity index (χ2n) is 6.86. The van der Waals surface area contributed by atoms with Gasteiger partial charge in [-0.1, -0.05) is 18.2 Å². The lowest BCUT2D eigenvalue weighted by Gasteiger charge is -2.50. The highest BCUT2D eigenvalue weighted by atomic mass is 16.5. The minimum atomic E-state index is -2.37. The predicted octanol–water partition coefficient (Wildman–Crippen LogP) is -1.29. The number of hydrogen-bond acceptors (Lipinski definition) is 8. The molecule has 0 radical (unpaired) electrons. The zero-order valence-corrected chi connectivity index (χ0v) is 16.3. The van der Waals surface area contributed by atoms with Crippen LogP contribution in [0, 0.1) is 0 Å². The number of carbonyl (C=O) groups excluding carboxylic acids is 2. The standard InChI is InChI=1S/C19H19N3O8/c1-28-13-12-9-11(15(24)29-2)19(14(13)23,16(25)30-3)22-18(27)20(17(26)21(12)22)10-7-5-4-6-8-10/h4-9,12-14,23H,1-3H3. The van der Waals surface area contributed by atoms with E-state index in [1.54, 1.807) is 30.3 Å². The Bertz CT molecular complexity index is 1170. The average Bonchev–Trinajstić information content (AvgIpc) is 3.04. The average molecular weight is 417 g/mol. The van der Waals surface area contributed by atoms with E-state index in [4.69, 9.17) is 14.2 Å². The number of methoxy groups -OCH3 is 3. The van der Waals surface area contributed by atoms with Crippen molar-refractivity contribution in [3.63, 3.8) is 0 Å². The normalized spacial score (nSPS) is 26.7. The van der Waals surface area contributed by atoms with Crippen LogP contribution >= 0.6 is 0 Å². The molecule has 3 heterocycles. The van der Waals surface area contributed by atoms with E-state index in [9.17, 15) is 24.3 Å². The number of benzene rings is 1. The lowest BCUT2D eigenvalue weighted by Crippen LogP contribution is -2.71. The van der Waals surface area contributed by atoms with Gasteiger partial charge in [0.15, 0.2) is 0 Å². The van der Waals surface area contributed by atoms with E-state index in [1.165, 1.54) is 13.2 Å². The van der Waals surface area contributed by atoms with E-state index in [1.807, 2.05) is 0 Å². The smallest absolute Gasteiger partial charge is 0.353 e. The minimum absolute atomic E-state index is 0.254. The monoisotopic (exact) mass is 417 g/mol. The summed E-state index contributed by atoms with van der Waals surface area (Å²) in [5, 5.41) is 11.1. The van der Waals surface area contributed by atoms with Crippen LogP contribution in [0.25, 0.3) is 5.69 Å². The second-order valence-corrected chi connectivity index (χ2v) is 6.86. The lowest BCUT2D eigenvalue weighted by molar-refractivity contribution is -0.180. The van der Waals surface area contributed by atoms with Gasteiger partial charge in [0.05, 0.1) is 25.5 Å². The second kappa shape index (κ2) is 6.82. The minimum Gasteiger partial charge on any atom is -0.467 e. The van der Waals surface area contributed by atoms with Crippen LogP contribution in [0.4, 0.5) is 0 Å². The van der Waals surface area contributed by atoms with Crippen LogP contribution in [0.2, 0.25) is 0 Å². The maximum absolute atomic E-state index is 13.4. The van der Waals surface area contributed by atoms with Gasteiger partial charge < -0.3 is 19.3 Å². The van der Waals surface area contributed by atoms with Crippen molar-refractivity contribution in [3.05, 3.63) is 62.9 Å². The van der Waals surface area contributed by atoms with E-state index in [0.717, 1.165) is 28.2 Å². The predicted molar refractivity (Wildman–Crippen MR) is 100 cm³/mol. The van der Waals surface area contributed by atoms with Gasteiger partial charge in [0.1, 0.15) is 18.2 Å². The van der Waals surface area contributed by atoms with E-state index in [0.29, 0.717) is 0 Å². The molecule has 0 amide bonds. The van der Waals surface area contributed by atoms with Crippen LogP contribution in [0.1, 0.15) is 6.04 Å². The first-order valence-electron chi connectivity index (χ1n) is 8.98. The van der Waals surface area contributed by atoms with Gasteiger partial charge in [-0.05, 0) is 18.2 Å². The molecule has 5 rings (SSSR count). The van der Waals surface area contributed by atoms with Gasteiger partial charge in [-0.2, -0.15) is 0 Å². The Morgan fingerprint density at radius 2 is 1.70 bits per heavy atom. The molecule has 4 atom stereocenters. The first-order chi connectivity index (χ1) is 14.4. The number of aliphatic hydroxyl groups is 1. The molecule has 0 saturated carbocycles. The molecule has 3 aliphatic rings. The summed E-state index contributed by atoms with van der Waals surface area (Å²) in [6.45, 7) is 0. The number of carbonyl (C=O) groups is 2. The molecule has 30 heavy (non-hydrogen) atoms. The maximum atomic E-state index is 13.4. The number of esters is 2. The largest absolute Gasteiger partial charge is 0.467 e. The molecule has 0 fully saturated rings. The van der Waals surface area contributed by atoms with Crippen LogP contribution in [-0.2, 0) is 29.3 Å². The van der Waals surface area contributed by atoms with Crippen LogP contribution in [0.15, 0.2) is 51.6 Å². The van der Waals surface area contributed by atoms with Crippen molar-refractivity contribution in [2.75, 3.05) is 21.3 Å². The fraction of sp³-hybridized carbons (Fsp3) is 0.368. The Morgan fingerprint density at radius 3 is 2.27 bits per heavy atom. The van der Waals surface area contributed by atoms with Crippen LogP contribution < -0.4 is 11.4 Å². The summed E-state index contributed by atoms with van der Waals surface area (Å²) in [4.78, 5) is 52.3. The SMILES string of the molecule is COC(=O)C1=CC2C(OC)C(O)C1(C(=O)OC)n1c(=O)n(-c3ccccc3)c(=O)n12. The van der Waals surface area contributed by atoms with E-state index in [-0.39, 0.29) is 11.3 Å². The van der Waals surface area contributed by atoms with Gasteiger partial charge >= 0.3 is 23.3 Å². The van der Waals surface area contributed by atoms with Crippen LogP contribution in [-0.4, -0.2) is 64.5 Å². The molecular formula is C19H19N3O8. The van der Waals surface area contributed by atoms with Gasteiger partial charge in [0.25, 0.3) is 0 Å². The van der Waals surface area contributed by atoms with Crippen molar-refractivity contribution in [2.45, 2.75) is 23.8 Å². The van der Waals surface area contributed by atoms with Gasteiger partial charge in [-0.15, -0.1) is 0 Å². The van der Waals surface area contributed by atoms with Crippen molar-refractivity contribution in [1.82, 2.24) is 13.9 Å². The number of aromatic nitrogens is 3. The lowest BCUT2D eigenvalue weighted by atomic mass is 9.72. The Balaban J connectivity index is 2.15. The number of fused-ring (bicyclic) bond motifs is 1. The molecule has 2 aromatic rings. The van der Waals surface area contributed by atoms with Crippen molar-refractivity contribution in [2.24, 2.45) is 0 Å². The zero-order chi connectivity index (χ0) is 21.8. The highest BCUT2D eigenvalue weighted by Gasteiger charge is 2.67. The van der Waals surface area contributed by atoms with Crippen molar-refractivity contribution >= 4 is 11.9 Å². The van der Waals surface area contributed by atoms with E-state index in [2.05, 4.69) is 0 Å². The van der Waals surface area contributed by atoms with Crippen LogP contribution in [0.5, 0.6) is 0 Å². The summed E-state index contributed by atoms with van der Waals surface area (Å²) < 4.78 is 17.6. The number of aliphatic hydroxyl groups excluding tert-OH is 1. The van der Waals surface area contributed by atoms with Gasteiger partial charge in [-0.25, -0.2) is 33.1 Å². The van der Waals surface area contributed by atoms with Crippen LogP contribution in [0.3, 0.4) is 0 Å². The molecule has 2 bridgehead atoms. The Kier molecular flexibility index (Phi) is 4.51. The summed E-state index contributed by atoms with van der Waals surface area (Å²) in [5.41, 5.74) is -4.12. The summed E-state index contributed by atoms with van der Waals surface area (Å²) in [7, 11) is 3.43. The van der Waals surface area contributed by atoms with E-state index < -0.39 is 47.1 Å². The number of para-hydroxylation sites is 1. The fourth-order valence-corrected chi connectivity index (χ4v) is 4.34. The third-order valence-corrected chi connectivity index (χ3v) is 5.60. The fourth-order valence-electron chi connectivity index (χ4n) is 4.34. The topological polar surface area (TPSA) is 131 Å². The number of nitrogens with zero attached hydrogens (tertiary/aromatic N) is 3. The molecule has 11 heteroatoms. The molecule has 0 spiro atoms. The summed E-state index contributed by atoms with van der Waals surface area (Å²) >= 11 is 0. The van der Waals surface area contributed by atoms with Gasteiger partial charge in [-0.3, -0.25) is 0 Å². The Morgan fingerprint density at radius 1 is 1.03 bits per heavy atom. The van der Waals surface area contributed by atoms with Crippen molar-refractivity contribution in [3.8, 4) is 5.69 Å². The van der Waals surface area contributed by atoms with Crippen molar-refractivity contribution in [1.29, 1.82) is 0 Å². The molecule has 0 saturated heterocycles. The molecule has 1 aromatic heterocycles. The third kappa shape index (κ3) is 2.21. The Hall–Kier alpha value is -3.44. The zero-order valence-electron chi connectivity index (χ0n) is 16.3. The first kappa shape index (κ1) is 19.9.